The van der Waals surface area contributed by atoms with Crippen LogP contribution in [0.4, 0.5) is 0 Å². The van der Waals surface area contributed by atoms with Crippen molar-refractivity contribution in [3.05, 3.63) is 23.0 Å². The maximum absolute atomic E-state index is 10.6. The summed E-state index contributed by atoms with van der Waals surface area (Å²) in [7, 11) is 1.81. The van der Waals surface area contributed by atoms with E-state index >= 15 is 0 Å². The van der Waals surface area contributed by atoms with Crippen LogP contribution in [0.1, 0.15) is 58.3 Å². The lowest BCUT2D eigenvalue weighted by Gasteiger charge is -2.53. The zero-order valence-corrected chi connectivity index (χ0v) is 13.9. The Balaban J connectivity index is 1.50. The van der Waals surface area contributed by atoms with Crippen molar-refractivity contribution in [2.75, 3.05) is 7.11 Å². The Morgan fingerprint density at radius 2 is 2.18 bits per heavy atom. The van der Waals surface area contributed by atoms with Crippen molar-refractivity contribution in [2.45, 2.75) is 64.4 Å². The van der Waals surface area contributed by atoms with Gasteiger partial charge in [-0.05, 0) is 79.6 Å². The minimum Gasteiger partial charge on any atom is -0.501 e. The van der Waals surface area contributed by atoms with E-state index < -0.39 is 0 Å². The molecular weight excluding hydrogens is 272 g/mol. The van der Waals surface area contributed by atoms with Crippen LogP contribution in [-0.2, 0) is 4.74 Å². The molecule has 0 radical (unpaired) electrons. The zero-order chi connectivity index (χ0) is 15.1. The van der Waals surface area contributed by atoms with Gasteiger partial charge in [-0.15, -0.1) is 0 Å². The van der Waals surface area contributed by atoms with Crippen molar-refractivity contribution in [1.29, 1.82) is 0 Å². The maximum Gasteiger partial charge on any atom is 0.0959 e. The molecule has 5 aliphatic carbocycles. The predicted molar refractivity (Wildman–Crippen MR) is 86.1 cm³/mol. The average Bonchev–Trinajstić information content (AvgIpc) is 3.19. The van der Waals surface area contributed by atoms with Crippen LogP contribution >= 0.6 is 0 Å². The van der Waals surface area contributed by atoms with Crippen LogP contribution in [0, 0.1) is 28.6 Å². The molecule has 2 nitrogen and oxygen atoms in total. The van der Waals surface area contributed by atoms with Gasteiger partial charge in [-0.2, -0.15) is 0 Å². The van der Waals surface area contributed by atoms with E-state index in [0.717, 1.165) is 37.0 Å². The van der Waals surface area contributed by atoms with Gasteiger partial charge in [0.05, 0.1) is 19.0 Å². The van der Waals surface area contributed by atoms with Crippen molar-refractivity contribution in [3.63, 3.8) is 0 Å². The summed E-state index contributed by atoms with van der Waals surface area (Å²) < 4.78 is 5.50. The SMILES string of the molecule is COC1=CCC2=C(CC[C@@H]3[C@@H]2CC[C@]2(C)[C@H](O)C[C@@H]4C[C@]432)C1. The topological polar surface area (TPSA) is 29.5 Å². The highest BCUT2D eigenvalue weighted by molar-refractivity contribution is 5.36. The molecule has 5 aliphatic rings. The molecule has 2 heteroatoms. The molecule has 1 spiro atoms. The Labute approximate surface area is 133 Å². The van der Waals surface area contributed by atoms with E-state index in [9.17, 15) is 5.11 Å². The fraction of sp³-hybridized carbons (Fsp3) is 0.800. The fourth-order valence-corrected chi connectivity index (χ4v) is 7.26. The monoisotopic (exact) mass is 300 g/mol. The zero-order valence-electron chi connectivity index (χ0n) is 13.9. The lowest BCUT2D eigenvalue weighted by Crippen LogP contribution is -2.48. The Kier molecular flexibility index (Phi) is 2.61. The number of methoxy groups -OCH3 is 1. The number of aliphatic hydroxyl groups is 1. The lowest BCUT2D eigenvalue weighted by atomic mass is 9.51. The lowest BCUT2D eigenvalue weighted by molar-refractivity contribution is -0.0641. The Bertz CT molecular complexity index is 589. The molecule has 1 N–H and O–H groups in total. The smallest absolute Gasteiger partial charge is 0.0959 e. The Hall–Kier alpha value is -0.760. The molecule has 0 amide bonds. The third-order valence-electron chi connectivity index (χ3n) is 8.44. The largest absolute Gasteiger partial charge is 0.501 e. The van der Waals surface area contributed by atoms with E-state index in [-0.39, 0.29) is 11.5 Å². The molecule has 0 aromatic carbocycles. The van der Waals surface area contributed by atoms with Gasteiger partial charge < -0.3 is 9.84 Å². The number of ether oxygens (including phenoxy) is 1. The molecule has 3 saturated carbocycles. The molecule has 0 aliphatic heterocycles. The van der Waals surface area contributed by atoms with Crippen LogP contribution in [-0.4, -0.2) is 18.3 Å². The highest BCUT2D eigenvalue weighted by Crippen LogP contribution is 2.81. The van der Waals surface area contributed by atoms with Crippen LogP contribution in [0.25, 0.3) is 0 Å². The molecule has 6 atom stereocenters. The quantitative estimate of drug-likeness (QED) is 0.735. The summed E-state index contributed by atoms with van der Waals surface area (Å²) >= 11 is 0. The first-order chi connectivity index (χ1) is 10.6. The molecule has 120 valence electrons. The first-order valence-corrected chi connectivity index (χ1v) is 9.22. The van der Waals surface area contributed by atoms with Gasteiger partial charge >= 0.3 is 0 Å². The fourth-order valence-electron chi connectivity index (χ4n) is 7.26. The molecule has 0 aromatic heterocycles. The Morgan fingerprint density at radius 3 is 3.00 bits per heavy atom. The van der Waals surface area contributed by atoms with Crippen molar-refractivity contribution in [2.24, 2.45) is 28.6 Å². The maximum atomic E-state index is 10.6. The first kappa shape index (κ1) is 13.7. The van der Waals surface area contributed by atoms with Crippen LogP contribution in [0.5, 0.6) is 0 Å². The van der Waals surface area contributed by atoms with Crippen molar-refractivity contribution >= 4 is 0 Å². The summed E-state index contributed by atoms with van der Waals surface area (Å²) in [6, 6.07) is 0. The summed E-state index contributed by atoms with van der Waals surface area (Å²) in [5.74, 6) is 3.67. The Morgan fingerprint density at radius 1 is 1.32 bits per heavy atom. The van der Waals surface area contributed by atoms with E-state index in [2.05, 4.69) is 13.0 Å². The van der Waals surface area contributed by atoms with Gasteiger partial charge in [0.15, 0.2) is 0 Å². The molecular formula is C20H28O2. The van der Waals surface area contributed by atoms with E-state index in [1.54, 1.807) is 11.1 Å². The highest BCUT2D eigenvalue weighted by atomic mass is 16.5. The van der Waals surface area contributed by atoms with E-state index in [4.69, 9.17) is 4.74 Å². The predicted octanol–water partition coefficient (Wildman–Crippen LogP) is 4.20. The summed E-state index contributed by atoms with van der Waals surface area (Å²) in [5, 5.41) is 10.6. The number of allylic oxidation sites excluding steroid dienone is 3. The molecule has 0 aromatic rings. The van der Waals surface area contributed by atoms with E-state index in [1.807, 2.05) is 7.11 Å². The number of aliphatic hydroxyl groups excluding tert-OH is 1. The number of rotatable bonds is 1. The summed E-state index contributed by atoms with van der Waals surface area (Å²) in [4.78, 5) is 0. The third-order valence-corrected chi connectivity index (χ3v) is 8.44. The molecule has 5 rings (SSSR count). The van der Waals surface area contributed by atoms with Crippen LogP contribution in [0.15, 0.2) is 23.0 Å². The second-order valence-electron chi connectivity index (χ2n) is 8.78. The van der Waals surface area contributed by atoms with Gasteiger partial charge in [0.25, 0.3) is 0 Å². The number of hydrogen-bond acceptors (Lipinski definition) is 2. The first-order valence-electron chi connectivity index (χ1n) is 9.22. The van der Waals surface area contributed by atoms with E-state index in [0.29, 0.717) is 5.41 Å². The standard InChI is InChI=1S/C20H28O2/c1-19-8-7-16-15-5-4-14(22-2)9-12(15)3-6-17(16)20(19)11-13(20)10-18(19)21/h4,13,16-18,21H,3,5-11H2,1-2H3/t13-,16-,17-,18-,19-,20+/m1/s1. The number of hydrogen-bond donors (Lipinski definition) is 1. The second-order valence-corrected chi connectivity index (χ2v) is 8.78. The molecule has 0 heterocycles. The minimum atomic E-state index is -0.0334. The molecule has 3 fully saturated rings. The normalized spacial score (nSPS) is 52.2. The van der Waals surface area contributed by atoms with Crippen molar-refractivity contribution < 1.29 is 9.84 Å². The molecule has 0 unspecified atom stereocenters. The van der Waals surface area contributed by atoms with Crippen LogP contribution in [0.3, 0.4) is 0 Å². The molecule has 22 heavy (non-hydrogen) atoms. The number of fused-ring (bicyclic) bond motifs is 2. The van der Waals surface area contributed by atoms with Crippen molar-refractivity contribution in [1.82, 2.24) is 0 Å². The van der Waals surface area contributed by atoms with Gasteiger partial charge in [-0.3, -0.25) is 0 Å². The highest BCUT2D eigenvalue weighted by Gasteiger charge is 2.76. The summed E-state index contributed by atoms with van der Waals surface area (Å²) in [6.45, 7) is 2.41. The molecule has 0 bridgehead atoms. The van der Waals surface area contributed by atoms with Crippen molar-refractivity contribution in [3.8, 4) is 0 Å². The van der Waals surface area contributed by atoms with Crippen LogP contribution < -0.4 is 0 Å². The van der Waals surface area contributed by atoms with Crippen LogP contribution in [0.2, 0.25) is 0 Å². The second kappa shape index (κ2) is 4.20. The van der Waals surface area contributed by atoms with Gasteiger partial charge in [0.2, 0.25) is 0 Å². The van der Waals surface area contributed by atoms with Gasteiger partial charge in [-0.25, -0.2) is 0 Å². The van der Waals surface area contributed by atoms with E-state index in [1.165, 1.54) is 37.9 Å². The average molecular weight is 300 g/mol. The van der Waals surface area contributed by atoms with Gasteiger partial charge in [0, 0.05) is 6.42 Å². The summed E-state index contributed by atoms with van der Waals surface area (Å²) in [5.41, 5.74) is 4.18. The summed E-state index contributed by atoms with van der Waals surface area (Å²) in [6.07, 6.45) is 12.1. The minimum absolute atomic E-state index is 0.0334. The van der Waals surface area contributed by atoms with Gasteiger partial charge in [0.1, 0.15) is 0 Å². The van der Waals surface area contributed by atoms with Gasteiger partial charge in [-0.1, -0.05) is 18.1 Å². The molecule has 0 saturated heterocycles. The third kappa shape index (κ3) is 1.42.